The number of hydrogen-bond donors (Lipinski definition) is 0. The van der Waals surface area contributed by atoms with Gasteiger partial charge in [-0.15, -0.1) is 10.2 Å². The molecule has 1 aliphatic carbocycles. The summed E-state index contributed by atoms with van der Waals surface area (Å²) in [7, 11) is 4.73. The summed E-state index contributed by atoms with van der Waals surface area (Å²) >= 11 is 1.39. The first kappa shape index (κ1) is 23.7. The van der Waals surface area contributed by atoms with Crippen molar-refractivity contribution in [1.82, 2.24) is 14.8 Å². The first-order valence-corrected chi connectivity index (χ1v) is 11.8. The van der Waals surface area contributed by atoms with E-state index in [1.165, 1.54) is 24.2 Å². The molecule has 11 heteroatoms. The highest BCUT2D eigenvalue weighted by Crippen LogP contribution is 2.43. The summed E-state index contributed by atoms with van der Waals surface area (Å²) < 4.78 is 23.9. The third-order valence-electron chi connectivity index (χ3n) is 5.73. The van der Waals surface area contributed by atoms with Gasteiger partial charge in [0.2, 0.25) is 5.75 Å². The molecular formula is C23H26N4O6S. The van der Waals surface area contributed by atoms with Crippen molar-refractivity contribution in [3.63, 3.8) is 0 Å². The fourth-order valence-corrected chi connectivity index (χ4v) is 4.89. The lowest BCUT2D eigenvalue weighted by atomic mass is 9.95. The number of ether oxygens (including phenoxy) is 3. The van der Waals surface area contributed by atoms with Gasteiger partial charge in [0.1, 0.15) is 10.7 Å². The number of hydrogen-bond acceptors (Lipinski definition) is 9. The summed E-state index contributed by atoms with van der Waals surface area (Å²) in [6.45, 7) is 0. The van der Waals surface area contributed by atoms with Crippen LogP contribution in [0.3, 0.4) is 0 Å². The molecule has 1 aliphatic rings. The topological polar surface area (TPSA) is 115 Å². The molecule has 10 nitrogen and oxygen atoms in total. The summed E-state index contributed by atoms with van der Waals surface area (Å²) in [6.07, 6.45) is 7.27. The predicted octanol–water partition coefficient (Wildman–Crippen LogP) is 5.74. The van der Waals surface area contributed by atoms with Crippen LogP contribution in [0, 0.1) is 10.1 Å². The number of aromatic nitrogens is 3. The molecule has 0 saturated heterocycles. The van der Waals surface area contributed by atoms with Gasteiger partial charge in [-0.3, -0.25) is 14.7 Å². The molecule has 0 spiro atoms. The minimum absolute atomic E-state index is 0.262. The van der Waals surface area contributed by atoms with Crippen LogP contribution in [-0.4, -0.2) is 41.0 Å². The molecule has 0 atom stereocenters. The van der Waals surface area contributed by atoms with Crippen LogP contribution in [0.25, 0.3) is 17.5 Å². The molecule has 0 radical (unpaired) electrons. The Morgan fingerprint density at radius 2 is 1.79 bits per heavy atom. The molecule has 1 fully saturated rings. The standard InChI is InChI=1S/C23H26N4O6S/c1-30-18-13-15(14-19(31-2)21(18)32-3)22-24-25-23(26(22)16-7-5-4-6-8-16)34-12-11-17-9-10-20(33-17)27(28)29/h9-14,16H,4-8H2,1-3H3/b12-11+. The van der Waals surface area contributed by atoms with Crippen LogP contribution in [0.15, 0.2) is 39.2 Å². The minimum atomic E-state index is -0.562. The number of benzene rings is 1. The zero-order valence-electron chi connectivity index (χ0n) is 19.2. The third kappa shape index (κ3) is 4.89. The number of nitrogens with zero attached hydrogens (tertiary/aromatic N) is 4. The van der Waals surface area contributed by atoms with Gasteiger partial charge in [0, 0.05) is 11.6 Å². The largest absolute Gasteiger partial charge is 0.493 e. The van der Waals surface area contributed by atoms with Crippen molar-refractivity contribution in [2.24, 2.45) is 0 Å². The van der Waals surface area contributed by atoms with Gasteiger partial charge in [-0.05, 0) is 42.5 Å². The maximum absolute atomic E-state index is 10.8. The Morgan fingerprint density at radius 1 is 1.09 bits per heavy atom. The van der Waals surface area contributed by atoms with E-state index in [2.05, 4.69) is 14.8 Å². The quantitative estimate of drug-likeness (QED) is 0.212. The molecular weight excluding hydrogens is 460 g/mol. The number of rotatable bonds is 9. The van der Waals surface area contributed by atoms with Crippen molar-refractivity contribution in [3.05, 3.63) is 45.5 Å². The smallest absolute Gasteiger partial charge is 0.433 e. The molecule has 0 unspecified atom stereocenters. The number of methoxy groups -OCH3 is 3. The summed E-state index contributed by atoms with van der Waals surface area (Å²) in [4.78, 5) is 10.3. The summed E-state index contributed by atoms with van der Waals surface area (Å²) in [6, 6.07) is 6.90. The molecule has 0 N–H and O–H groups in total. The minimum Gasteiger partial charge on any atom is -0.493 e. The maximum Gasteiger partial charge on any atom is 0.433 e. The van der Waals surface area contributed by atoms with Gasteiger partial charge >= 0.3 is 5.88 Å². The molecule has 180 valence electrons. The second-order valence-electron chi connectivity index (χ2n) is 7.74. The van der Waals surface area contributed by atoms with Crippen LogP contribution in [0.1, 0.15) is 43.9 Å². The van der Waals surface area contributed by atoms with Crippen molar-refractivity contribution < 1.29 is 23.6 Å². The van der Waals surface area contributed by atoms with Gasteiger partial charge in [-0.2, -0.15) is 0 Å². The molecule has 0 amide bonds. The Hall–Kier alpha value is -3.47. The lowest BCUT2D eigenvalue weighted by molar-refractivity contribution is -0.402. The number of thioether (sulfide) groups is 1. The molecule has 2 heterocycles. The molecule has 1 aromatic carbocycles. The normalized spacial score (nSPS) is 14.4. The van der Waals surface area contributed by atoms with E-state index in [0.717, 1.165) is 42.2 Å². The lowest BCUT2D eigenvalue weighted by Gasteiger charge is -2.25. The van der Waals surface area contributed by atoms with Gasteiger partial charge in [-0.25, -0.2) is 0 Å². The highest BCUT2D eigenvalue weighted by molar-refractivity contribution is 8.02. The summed E-state index contributed by atoms with van der Waals surface area (Å²) in [5, 5.41) is 22.3. The summed E-state index contributed by atoms with van der Waals surface area (Å²) in [5.74, 6) is 2.43. The maximum atomic E-state index is 10.8. The molecule has 0 bridgehead atoms. The third-order valence-corrected chi connectivity index (χ3v) is 6.49. The monoisotopic (exact) mass is 486 g/mol. The van der Waals surface area contributed by atoms with E-state index in [9.17, 15) is 10.1 Å². The second-order valence-corrected chi connectivity index (χ2v) is 8.61. The Balaban J connectivity index is 1.70. The van der Waals surface area contributed by atoms with Crippen molar-refractivity contribution in [2.45, 2.75) is 43.3 Å². The molecule has 2 aromatic heterocycles. The van der Waals surface area contributed by atoms with Gasteiger partial charge in [-0.1, -0.05) is 31.0 Å². The van der Waals surface area contributed by atoms with E-state index < -0.39 is 4.92 Å². The van der Waals surface area contributed by atoms with Crippen molar-refractivity contribution in [3.8, 4) is 28.6 Å². The average molecular weight is 487 g/mol. The zero-order chi connectivity index (χ0) is 24.1. The highest BCUT2D eigenvalue weighted by Gasteiger charge is 2.25. The first-order valence-electron chi connectivity index (χ1n) is 10.9. The Bertz CT molecular complexity index is 1160. The molecule has 34 heavy (non-hydrogen) atoms. The predicted molar refractivity (Wildman–Crippen MR) is 127 cm³/mol. The zero-order valence-corrected chi connectivity index (χ0v) is 20.0. The van der Waals surface area contributed by atoms with Crippen LogP contribution in [0.2, 0.25) is 0 Å². The van der Waals surface area contributed by atoms with Crippen LogP contribution >= 0.6 is 11.8 Å². The number of furan rings is 1. The fourth-order valence-electron chi connectivity index (χ4n) is 4.12. The van der Waals surface area contributed by atoms with E-state index in [4.69, 9.17) is 18.6 Å². The van der Waals surface area contributed by atoms with Crippen LogP contribution < -0.4 is 14.2 Å². The summed E-state index contributed by atoms with van der Waals surface area (Å²) in [5.41, 5.74) is 0.810. The Morgan fingerprint density at radius 3 is 2.38 bits per heavy atom. The fraction of sp³-hybridized carbons (Fsp3) is 0.391. The first-order chi connectivity index (χ1) is 16.5. The molecule has 1 saturated carbocycles. The van der Waals surface area contributed by atoms with Gasteiger partial charge < -0.3 is 18.6 Å². The van der Waals surface area contributed by atoms with Gasteiger partial charge in [0.15, 0.2) is 22.5 Å². The van der Waals surface area contributed by atoms with Crippen molar-refractivity contribution in [2.75, 3.05) is 21.3 Å². The molecule has 3 aromatic rings. The Labute approximate surface area is 201 Å². The van der Waals surface area contributed by atoms with E-state index in [1.807, 2.05) is 12.1 Å². The molecule has 4 rings (SSSR count). The van der Waals surface area contributed by atoms with Crippen LogP contribution in [-0.2, 0) is 0 Å². The second kappa shape index (κ2) is 10.6. The van der Waals surface area contributed by atoms with Crippen molar-refractivity contribution >= 4 is 23.7 Å². The SMILES string of the molecule is COc1cc(-c2nnc(S/C=C/c3ccc([N+](=O)[O-])o3)n2C2CCCCC2)cc(OC)c1OC. The van der Waals surface area contributed by atoms with Crippen LogP contribution in [0.5, 0.6) is 17.2 Å². The van der Waals surface area contributed by atoms with E-state index in [0.29, 0.717) is 23.0 Å². The molecule has 0 aliphatic heterocycles. The van der Waals surface area contributed by atoms with Gasteiger partial charge in [0.05, 0.1) is 27.4 Å². The average Bonchev–Trinajstić information content (AvgIpc) is 3.51. The number of nitro groups is 1. The van der Waals surface area contributed by atoms with Crippen molar-refractivity contribution in [1.29, 1.82) is 0 Å². The van der Waals surface area contributed by atoms with Gasteiger partial charge in [0.25, 0.3) is 0 Å². The van der Waals surface area contributed by atoms with E-state index in [1.54, 1.807) is 38.9 Å². The Kier molecular flexibility index (Phi) is 7.41. The van der Waals surface area contributed by atoms with Crippen LogP contribution in [0.4, 0.5) is 5.88 Å². The highest BCUT2D eigenvalue weighted by atomic mass is 32.2. The van der Waals surface area contributed by atoms with E-state index in [-0.39, 0.29) is 11.9 Å². The lowest BCUT2D eigenvalue weighted by Crippen LogP contribution is -2.15. The van der Waals surface area contributed by atoms with E-state index >= 15 is 0 Å².